The summed E-state index contributed by atoms with van der Waals surface area (Å²) in [4.78, 5) is 30.3. The summed E-state index contributed by atoms with van der Waals surface area (Å²) in [6.07, 6.45) is 4.78. The first kappa shape index (κ1) is 26.6. The number of pyridine rings is 1. The summed E-state index contributed by atoms with van der Waals surface area (Å²) in [6, 6.07) is 7.83. The Balaban J connectivity index is 1.23. The molecule has 0 bridgehead atoms. The molecule has 11 heteroatoms. The zero-order valence-corrected chi connectivity index (χ0v) is 23.6. The van der Waals surface area contributed by atoms with E-state index in [2.05, 4.69) is 14.8 Å². The van der Waals surface area contributed by atoms with E-state index in [-0.39, 0.29) is 23.2 Å². The van der Waals surface area contributed by atoms with Crippen LogP contribution in [0.5, 0.6) is 0 Å². The van der Waals surface area contributed by atoms with Crippen LogP contribution in [-0.4, -0.2) is 82.9 Å². The van der Waals surface area contributed by atoms with E-state index < -0.39 is 0 Å². The fourth-order valence-electron chi connectivity index (χ4n) is 5.58. The minimum atomic E-state index is -0.371. The Morgan fingerprint density at radius 3 is 2.45 bits per heavy atom. The smallest absolute Gasteiger partial charge is 0.236 e. The lowest BCUT2D eigenvalue weighted by Crippen LogP contribution is -2.50. The number of halogens is 2. The van der Waals surface area contributed by atoms with E-state index in [4.69, 9.17) is 4.98 Å². The maximum Gasteiger partial charge on any atom is 0.236 e. The average Bonchev–Trinajstić information content (AvgIpc) is 3.74. The van der Waals surface area contributed by atoms with Crippen molar-refractivity contribution in [2.45, 2.75) is 26.2 Å². The molecular weight excluding hydrogens is 532 g/mol. The predicted octanol–water partition coefficient (Wildman–Crippen LogP) is 4.81. The summed E-state index contributed by atoms with van der Waals surface area (Å²) >= 11 is 1.47. The highest BCUT2D eigenvalue weighted by Gasteiger charge is 2.26. The molecule has 40 heavy (non-hydrogen) atoms. The predicted molar refractivity (Wildman–Crippen MR) is 155 cm³/mol. The number of carbonyl (C=O) groups is 1. The van der Waals surface area contributed by atoms with Gasteiger partial charge < -0.3 is 14.7 Å². The quantitative estimate of drug-likeness (QED) is 0.321. The molecule has 0 radical (unpaired) electrons. The number of rotatable bonds is 7. The number of aryl methyl sites for hydroxylation is 1. The fourth-order valence-corrected chi connectivity index (χ4v) is 6.38. The number of nitrogens with zero attached hydrogens (tertiary/aromatic N) is 7. The molecule has 0 saturated carbocycles. The third kappa shape index (κ3) is 5.15. The van der Waals surface area contributed by atoms with Gasteiger partial charge in [-0.3, -0.25) is 14.1 Å². The summed E-state index contributed by atoms with van der Waals surface area (Å²) in [6.45, 7) is 7.13. The number of thiazole rings is 1. The summed E-state index contributed by atoms with van der Waals surface area (Å²) in [5, 5.41) is 2.67. The molecule has 3 aromatic heterocycles. The number of likely N-dealkylation sites (tertiary alicyclic amines) is 1. The number of amides is 1. The van der Waals surface area contributed by atoms with Crippen LogP contribution in [-0.2, 0) is 11.2 Å². The van der Waals surface area contributed by atoms with Crippen molar-refractivity contribution in [3.8, 4) is 11.3 Å². The van der Waals surface area contributed by atoms with Gasteiger partial charge in [-0.1, -0.05) is 6.92 Å². The van der Waals surface area contributed by atoms with E-state index in [1.165, 1.54) is 23.5 Å². The van der Waals surface area contributed by atoms with Crippen LogP contribution in [0.2, 0.25) is 0 Å². The molecule has 210 valence electrons. The highest BCUT2D eigenvalue weighted by molar-refractivity contribution is 7.14. The van der Waals surface area contributed by atoms with E-state index in [0.29, 0.717) is 26.1 Å². The number of benzene rings is 1. The molecule has 0 unspecified atom stereocenters. The summed E-state index contributed by atoms with van der Waals surface area (Å²) in [5.74, 6) is 0.323. The van der Waals surface area contributed by atoms with Crippen molar-refractivity contribution in [2.24, 2.45) is 0 Å². The molecule has 5 heterocycles. The van der Waals surface area contributed by atoms with Gasteiger partial charge in [0, 0.05) is 69.5 Å². The van der Waals surface area contributed by atoms with Gasteiger partial charge >= 0.3 is 0 Å². The van der Waals surface area contributed by atoms with Crippen molar-refractivity contribution in [1.82, 2.24) is 24.2 Å². The topological polar surface area (TPSA) is 60.2 Å². The molecule has 2 aliphatic rings. The van der Waals surface area contributed by atoms with Crippen LogP contribution in [0.15, 0.2) is 41.9 Å². The van der Waals surface area contributed by atoms with Gasteiger partial charge in [-0.15, -0.1) is 11.3 Å². The van der Waals surface area contributed by atoms with Crippen molar-refractivity contribution in [2.75, 3.05) is 62.7 Å². The average molecular weight is 566 g/mol. The molecular formula is C29H33F2N7OS. The lowest BCUT2D eigenvalue weighted by Gasteiger charge is -2.36. The Kier molecular flexibility index (Phi) is 7.41. The zero-order chi connectivity index (χ0) is 27.8. The number of imidazole rings is 1. The number of hydrogen-bond donors (Lipinski definition) is 0. The van der Waals surface area contributed by atoms with Gasteiger partial charge in [-0.2, -0.15) is 0 Å². The van der Waals surface area contributed by atoms with Gasteiger partial charge in [0.05, 0.1) is 23.6 Å². The molecule has 0 atom stereocenters. The molecule has 1 aromatic carbocycles. The van der Waals surface area contributed by atoms with Crippen LogP contribution >= 0.6 is 11.3 Å². The first-order valence-electron chi connectivity index (χ1n) is 13.8. The van der Waals surface area contributed by atoms with Crippen molar-refractivity contribution < 1.29 is 13.6 Å². The monoisotopic (exact) mass is 565 g/mol. The maximum absolute atomic E-state index is 15.4. The Labute approximate surface area is 236 Å². The lowest BCUT2D eigenvalue weighted by molar-refractivity contribution is -0.131. The number of carbonyl (C=O) groups excluding carboxylic acids is 1. The number of anilines is 3. The second kappa shape index (κ2) is 11.1. The summed E-state index contributed by atoms with van der Waals surface area (Å²) in [7, 11) is 1.91. The summed E-state index contributed by atoms with van der Waals surface area (Å²) in [5.41, 5.74) is 3.44. The molecule has 2 fully saturated rings. The molecule has 8 nitrogen and oxygen atoms in total. The van der Waals surface area contributed by atoms with E-state index in [9.17, 15) is 9.18 Å². The zero-order valence-electron chi connectivity index (χ0n) is 22.8. The highest BCUT2D eigenvalue weighted by atomic mass is 32.1. The van der Waals surface area contributed by atoms with Crippen LogP contribution in [0.25, 0.3) is 16.9 Å². The second-order valence-electron chi connectivity index (χ2n) is 10.4. The molecule has 0 N–H and O–H groups in total. The third-order valence-corrected chi connectivity index (χ3v) is 8.75. The standard InChI is InChI=1S/C29H33F2N7OS/c1-3-24-28(34(2)29-33-25(19-40-29)20-6-8-21(30)9-7-20)38-17-22(16-23(31)27(38)32-24)36-14-12-35(13-15-36)18-26(39)37-10-4-5-11-37/h6-9,16-17,19H,3-5,10-15,18H2,1-2H3. The molecule has 4 aromatic rings. The van der Waals surface area contributed by atoms with Crippen molar-refractivity contribution in [3.63, 3.8) is 0 Å². The molecule has 2 aliphatic heterocycles. The van der Waals surface area contributed by atoms with Gasteiger partial charge in [0.15, 0.2) is 16.6 Å². The fraction of sp³-hybridized carbons (Fsp3) is 0.414. The summed E-state index contributed by atoms with van der Waals surface area (Å²) < 4.78 is 30.7. The van der Waals surface area contributed by atoms with Crippen LogP contribution in [0.1, 0.15) is 25.5 Å². The van der Waals surface area contributed by atoms with E-state index in [0.717, 1.165) is 72.6 Å². The van der Waals surface area contributed by atoms with Crippen molar-refractivity contribution in [1.29, 1.82) is 0 Å². The number of hydrogen-bond acceptors (Lipinski definition) is 7. The van der Waals surface area contributed by atoms with E-state index >= 15 is 4.39 Å². The van der Waals surface area contributed by atoms with Crippen molar-refractivity contribution in [3.05, 3.63) is 59.2 Å². The first-order chi connectivity index (χ1) is 19.4. The van der Waals surface area contributed by atoms with Gasteiger partial charge in [-0.25, -0.2) is 18.7 Å². The van der Waals surface area contributed by atoms with Crippen LogP contribution in [0, 0.1) is 11.6 Å². The van der Waals surface area contributed by atoms with E-state index in [1.807, 2.05) is 39.7 Å². The highest BCUT2D eigenvalue weighted by Crippen LogP contribution is 2.35. The Bertz CT molecular complexity index is 1500. The number of fused-ring (bicyclic) bond motifs is 1. The van der Waals surface area contributed by atoms with Gasteiger partial charge in [-0.05, 0) is 43.5 Å². The minimum Gasteiger partial charge on any atom is -0.368 e. The largest absolute Gasteiger partial charge is 0.368 e. The molecule has 2 saturated heterocycles. The van der Waals surface area contributed by atoms with Gasteiger partial charge in [0.1, 0.15) is 11.6 Å². The Morgan fingerprint density at radius 1 is 1.02 bits per heavy atom. The SMILES string of the molecule is CCc1nc2c(F)cc(N3CCN(CC(=O)N4CCCC4)CC3)cn2c1N(C)c1nc(-c2ccc(F)cc2)cs1. The number of piperazine rings is 1. The number of aromatic nitrogens is 3. The molecule has 0 aliphatic carbocycles. The van der Waals surface area contributed by atoms with Crippen LogP contribution in [0.4, 0.5) is 25.4 Å². The minimum absolute atomic E-state index is 0.210. The molecule has 1 amide bonds. The third-order valence-electron chi connectivity index (χ3n) is 7.83. The normalized spacial score (nSPS) is 16.3. The Morgan fingerprint density at radius 2 is 1.75 bits per heavy atom. The Hall–Kier alpha value is -3.57. The lowest BCUT2D eigenvalue weighted by atomic mass is 10.2. The first-order valence-corrected chi connectivity index (χ1v) is 14.7. The van der Waals surface area contributed by atoms with Crippen molar-refractivity contribution >= 4 is 39.5 Å². The second-order valence-corrected chi connectivity index (χ2v) is 11.2. The van der Waals surface area contributed by atoms with Crippen LogP contribution in [0.3, 0.4) is 0 Å². The van der Waals surface area contributed by atoms with E-state index in [1.54, 1.807) is 18.2 Å². The van der Waals surface area contributed by atoms with Gasteiger partial charge in [0.2, 0.25) is 5.91 Å². The van der Waals surface area contributed by atoms with Gasteiger partial charge in [0.25, 0.3) is 0 Å². The maximum atomic E-state index is 15.4. The van der Waals surface area contributed by atoms with Crippen LogP contribution < -0.4 is 9.80 Å². The molecule has 0 spiro atoms. The molecule has 6 rings (SSSR count).